The van der Waals surface area contributed by atoms with Crippen LogP contribution in [0.15, 0.2) is 44.9 Å². The standard InChI is InChI=1S/C18H15NO8/c1-23-18(22)14-13(8-2-3-11-12(4-8)25-7-24-11)16-15(27-17(14)19)10(21)5-9(6-20)26-16/h2-5,13,20H,6-7,19H2,1H3. The molecule has 140 valence electrons. The molecule has 3 N–H and O–H groups in total. The van der Waals surface area contributed by atoms with Crippen molar-refractivity contribution in [2.24, 2.45) is 5.73 Å². The molecule has 3 heterocycles. The molecule has 1 aromatic heterocycles. The SMILES string of the molecule is COC(=O)C1=C(N)Oc2c(oc(CO)cc2=O)C1c1ccc2c(c1)OCO2. The Labute approximate surface area is 152 Å². The van der Waals surface area contributed by atoms with Crippen LogP contribution in [0.25, 0.3) is 0 Å². The van der Waals surface area contributed by atoms with Gasteiger partial charge in [0.25, 0.3) is 0 Å². The molecule has 9 nitrogen and oxygen atoms in total. The van der Waals surface area contributed by atoms with Crippen molar-refractivity contribution in [3.63, 3.8) is 0 Å². The summed E-state index contributed by atoms with van der Waals surface area (Å²) in [5.41, 5.74) is 5.91. The molecule has 0 aliphatic carbocycles. The predicted octanol–water partition coefficient (Wildman–Crippen LogP) is 0.728. The highest BCUT2D eigenvalue weighted by atomic mass is 16.7. The van der Waals surface area contributed by atoms with Crippen LogP contribution in [0.2, 0.25) is 0 Å². The number of fused-ring (bicyclic) bond motifs is 2. The molecule has 2 aliphatic heterocycles. The van der Waals surface area contributed by atoms with E-state index < -0.39 is 23.9 Å². The van der Waals surface area contributed by atoms with Crippen LogP contribution in [0, 0.1) is 0 Å². The molecule has 0 spiro atoms. The number of methoxy groups -OCH3 is 1. The van der Waals surface area contributed by atoms with Gasteiger partial charge in [-0.15, -0.1) is 0 Å². The number of hydrogen-bond acceptors (Lipinski definition) is 9. The van der Waals surface area contributed by atoms with Crippen LogP contribution in [-0.2, 0) is 16.1 Å². The number of aliphatic hydroxyl groups excluding tert-OH is 1. The van der Waals surface area contributed by atoms with Crippen molar-refractivity contribution >= 4 is 5.97 Å². The topological polar surface area (TPSA) is 130 Å². The summed E-state index contributed by atoms with van der Waals surface area (Å²) >= 11 is 0. The Bertz CT molecular complexity index is 1020. The van der Waals surface area contributed by atoms with Gasteiger partial charge in [-0.25, -0.2) is 4.79 Å². The average molecular weight is 373 g/mol. The molecule has 0 amide bonds. The first-order valence-electron chi connectivity index (χ1n) is 7.96. The first kappa shape index (κ1) is 17.0. The first-order valence-corrected chi connectivity index (χ1v) is 7.96. The van der Waals surface area contributed by atoms with E-state index in [1.54, 1.807) is 18.2 Å². The lowest BCUT2D eigenvalue weighted by Crippen LogP contribution is -2.29. The monoisotopic (exact) mass is 373 g/mol. The van der Waals surface area contributed by atoms with E-state index in [1.165, 1.54) is 7.11 Å². The fourth-order valence-electron chi connectivity index (χ4n) is 3.10. The van der Waals surface area contributed by atoms with Crippen LogP contribution in [-0.4, -0.2) is 25.0 Å². The minimum Gasteiger partial charge on any atom is -0.465 e. The Morgan fingerprint density at radius 2 is 2.07 bits per heavy atom. The van der Waals surface area contributed by atoms with Gasteiger partial charge < -0.3 is 34.2 Å². The van der Waals surface area contributed by atoms with Crippen LogP contribution in [0.1, 0.15) is 23.0 Å². The average Bonchev–Trinajstić information content (AvgIpc) is 3.14. The zero-order valence-corrected chi connectivity index (χ0v) is 14.2. The summed E-state index contributed by atoms with van der Waals surface area (Å²) in [6.07, 6.45) is 0. The molecule has 0 saturated carbocycles. The van der Waals surface area contributed by atoms with Gasteiger partial charge >= 0.3 is 5.97 Å². The Morgan fingerprint density at radius 3 is 2.81 bits per heavy atom. The Kier molecular flexibility index (Phi) is 4.00. The maximum atomic E-state index is 12.4. The molecule has 0 bridgehead atoms. The summed E-state index contributed by atoms with van der Waals surface area (Å²) in [5.74, 6) is -0.955. The number of ether oxygens (including phenoxy) is 4. The Morgan fingerprint density at radius 1 is 1.30 bits per heavy atom. The number of carbonyl (C=O) groups is 1. The molecule has 4 rings (SSSR count). The lowest BCUT2D eigenvalue weighted by molar-refractivity contribution is -0.136. The maximum Gasteiger partial charge on any atom is 0.340 e. The minimum atomic E-state index is -0.894. The largest absolute Gasteiger partial charge is 0.465 e. The van der Waals surface area contributed by atoms with E-state index in [1.807, 2.05) is 0 Å². The van der Waals surface area contributed by atoms with Gasteiger partial charge in [-0.3, -0.25) is 4.79 Å². The molecule has 0 radical (unpaired) electrons. The molecular weight excluding hydrogens is 358 g/mol. The van der Waals surface area contributed by atoms with Gasteiger partial charge in [0.05, 0.1) is 13.0 Å². The van der Waals surface area contributed by atoms with Gasteiger partial charge in [0.1, 0.15) is 17.9 Å². The summed E-state index contributed by atoms with van der Waals surface area (Å²) in [6, 6.07) is 6.12. The molecule has 27 heavy (non-hydrogen) atoms. The van der Waals surface area contributed by atoms with Crippen molar-refractivity contribution in [1.82, 2.24) is 0 Å². The predicted molar refractivity (Wildman–Crippen MR) is 89.2 cm³/mol. The van der Waals surface area contributed by atoms with Gasteiger partial charge in [0, 0.05) is 6.07 Å². The lowest BCUT2D eigenvalue weighted by atomic mass is 9.86. The summed E-state index contributed by atoms with van der Waals surface area (Å²) in [7, 11) is 1.20. The smallest absolute Gasteiger partial charge is 0.340 e. The van der Waals surface area contributed by atoms with Crippen molar-refractivity contribution in [3.05, 3.63) is 63.0 Å². The third-order valence-electron chi connectivity index (χ3n) is 4.30. The van der Waals surface area contributed by atoms with Crippen LogP contribution in [0.3, 0.4) is 0 Å². The van der Waals surface area contributed by atoms with Crippen LogP contribution < -0.4 is 25.4 Å². The molecule has 2 aromatic rings. The fraction of sp³-hybridized carbons (Fsp3) is 0.222. The first-order chi connectivity index (χ1) is 13.0. The third-order valence-corrected chi connectivity index (χ3v) is 4.30. The van der Waals surface area contributed by atoms with Crippen LogP contribution >= 0.6 is 0 Å². The minimum absolute atomic E-state index is 0.0257. The third kappa shape index (κ3) is 2.68. The number of benzene rings is 1. The highest BCUT2D eigenvalue weighted by Crippen LogP contribution is 2.44. The number of hydrogen-bond donors (Lipinski definition) is 2. The van der Waals surface area contributed by atoms with Gasteiger partial charge in [0.15, 0.2) is 17.3 Å². The summed E-state index contributed by atoms with van der Waals surface area (Å²) in [4.78, 5) is 24.7. The van der Waals surface area contributed by atoms with Crippen molar-refractivity contribution in [2.75, 3.05) is 13.9 Å². The van der Waals surface area contributed by atoms with E-state index in [2.05, 4.69) is 0 Å². The van der Waals surface area contributed by atoms with Crippen molar-refractivity contribution in [2.45, 2.75) is 12.5 Å². The van der Waals surface area contributed by atoms with Gasteiger partial charge in [-0.05, 0) is 17.7 Å². The van der Waals surface area contributed by atoms with E-state index >= 15 is 0 Å². The molecule has 9 heteroatoms. The Hall–Kier alpha value is -3.46. The van der Waals surface area contributed by atoms with Crippen molar-refractivity contribution < 1.29 is 33.3 Å². The van der Waals surface area contributed by atoms with Gasteiger partial charge in [-0.1, -0.05) is 6.07 Å². The molecule has 1 unspecified atom stereocenters. The molecular formula is C18H15NO8. The lowest BCUT2D eigenvalue weighted by Gasteiger charge is -2.26. The zero-order valence-electron chi connectivity index (χ0n) is 14.2. The van der Waals surface area contributed by atoms with Gasteiger partial charge in [0.2, 0.25) is 23.9 Å². The molecule has 0 saturated heterocycles. The van der Waals surface area contributed by atoms with Crippen molar-refractivity contribution in [3.8, 4) is 17.2 Å². The van der Waals surface area contributed by atoms with E-state index in [-0.39, 0.29) is 35.5 Å². The second-order valence-corrected chi connectivity index (χ2v) is 5.85. The van der Waals surface area contributed by atoms with E-state index in [0.717, 1.165) is 6.07 Å². The summed E-state index contributed by atoms with van der Waals surface area (Å²) < 4.78 is 26.5. The highest BCUT2D eigenvalue weighted by molar-refractivity contribution is 5.92. The summed E-state index contributed by atoms with van der Waals surface area (Å²) in [6.45, 7) is -0.419. The zero-order chi connectivity index (χ0) is 19.1. The van der Waals surface area contributed by atoms with Crippen LogP contribution in [0.4, 0.5) is 0 Å². The fourth-order valence-corrected chi connectivity index (χ4v) is 3.10. The maximum absolute atomic E-state index is 12.4. The van der Waals surface area contributed by atoms with E-state index in [0.29, 0.717) is 17.1 Å². The van der Waals surface area contributed by atoms with Crippen LogP contribution in [0.5, 0.6) is 17.2 Å². The summed E-state index contributed by atoms with van der Waals surface area (Å²) in [5, 5.41) is 9.38. The number of rotatable bonds is 3. The van der Waals surface area contributed by atoms with Crippen molar-refractivity contribution in [1.29, 1.82) is 0 Å². The van der Waals surface area contributed by atoms with E-state index in [9.17, 15) is 14.7 Å². The normalized spacial score (nSPS) is 17.3. The molecule has 0 fully saturated rings. The molecule has 1 aromatic carbocycles. The molecule has 2 aliphatic rings. The number of aliphatic hydroxyl groups is 1. The molecule has 1 atom stereocenters. The van der Waals surface area contributed by atoms with E-state index in [4.69, 9.17) is 29.1 Å². The Balaban J connectivity index is 1.96. The second kappa shape index (κ2) is 6.36. The number of nitrogens with two attached hydrogens (primary N) is 1. The second-order valence-electron chi connectivity index (χ2n) is 5.85. The number of carbonyl (C=O) groups excluding carboxylic acids is 1. The van der Waals surface area contributed by atoms with Gasteiger partial charge in [-0.2, -0.15) is 0 Å². The highest BCUT2D eigenvalue weighted by Gasteiger charge is 2.39. The quantitative estimate of drug-likeness (QED) is 0.748. The number of esters is 1.